The third-order valence-corrected chi connectivity index (χ3v) is 7.46. The Bertz CT molecular complexity index is 1210. The Kier molecular flexibility index (Phi) is 5.49. The fourth-order valence-electron chi connectivity index (χ4n) is 6.09. The first-order valence-electron chi connectivity index (χ1n) is 12.0. The van der Waals surface area contributed by atoms with Crippen molar-refractivity contribution in [2.24, 2.45) is 11.3 Å². The Morgan fingerprint density at radius 2 is 1.79 bits per heavy atom. The van der Waals surface area contributed by atoms with Crippen LogP contribution in [-0.2, 0) is 12.6 Å². The second kappa shape index (κ2) is 8.14. The van der Waals surface area contributed by atoms with Crippen LogP contribution in [0.1, 0.15) is 79.7 Å². The van der Waals surface area contributed by atoms with Gasteiger partial charge in [-0.1, -0.05) is 31.2 Å². The van der Waals surface area contributed by atoms with Crippen LogP contribution in [0, 0.1) is 11.3 Å². The predicted octanol–water partition coefficient (Wildman–Crippen LogP) is 6.54. The van der Waals surface area contributed by atoms with Crippen molar-refractivity contribution in [1.82, 2.24) is 15.1 Å². The topological polar surface area (TPSA) is 46.9 Å². The number of alkyl halides is 3. The van der Waals surface area contributed by atoms with Gasteiger partial charge >= 0.3 is 6.18 Å². The summed E-state index contributed by atoms with van der Waals surface area (Å²) in [7, 11) is 0. The lowest BCUT2D eigenvalue weighted by Gasteiger charge is -2.57. The molecule has 2 saturated carbocycles. The van der Waals surface area contributed by atoms with Crippen LogP contribution in [0.5, 0.6) is 0 Å². The smallest absolute Gasteiger partial charge is 0.348 e. The van der Waals surface area contributed by atoms with Gasteiger partial charge in [-0.3, -0.25) is 9.48 Å². The number of amides is 1. The third kappa shape index (κ3) is 4.10. The van der Waals surface area contributed by atoms with E-state index in [-0.39, 0.29) is 18.0 Å². The van der Waals surface area contributed by atoms with E-state index in [1.54, 1.807) is 0 Å². The highest BCUT2D eigenvalue weighted by Gasteiger charge is 2.51. The lowest BCUT2D eigenvalue weighted by molar-refractivity contribution is -0.137. The van der Waals surface area contributed by atoms with E-state index in [0.717, 1.165) is 52.9 Å². The van der Waals surface area contributed by atoms with E-state index in [9.17, 15) is 18.0 Å². The molecule has 34 heavy (non-hydrogen) atoms. The molecule has 2 fully saturated rings. The summed E-state index contributed by atoms with van der Waals surface area (Å²) >= 11 is 0. The zero-order chi connectivity index (χ0) is 24.3. The monoisotopic (exact) mass is 469 g/mol. The summed E-state index contributed by atoms with van der Waals surface area (Å²) in [6.07, 6.45) is 0.627. The molecule has 180 valence electrons. The van der Waals surface area contributed by atoms with Gasteiger partial charge in [-0.15, -0.1) is 0 Å². The molecule has 0 aliphatic heterocycles. The molecule has 2 aliphatic rings. The molecule has 0 atom stereocenters. The minimum atomic E-state index is -4.36. The summed E-state index contributed by atoms with van der Waals surface area (Å²) in [4.78, 5) is 13.3. The van der Waals surface area contributed by atoms with Gasteiger partial charge in [-0.2, -0.15) is 18.3 Å². The Balaban J connectivity index is 1.43. The van der Waals surface area contributed by atoms with Crippen LogP contribution in [0.4, 0.5) is 13.2 Å². The summed E-state index contributed by atoms with van der Waals surface area (Å²) in [5, 5.41) is 8.66. The SMILES string of the molecule is CC1CC2(C1)CC(NC(=O)c1nn(C(C)C)c3cccc(Cc4ccc(C(F)(F)F)cc4)c13)C2. The van der Waals surface area contributed by atoms with E-state index in [2.05, 4.69) is 17.3 Å². The van der Waals surface area contributed by atoms with Crippen molar-refractivity contribution >= 4 is 16.8 Å². The van der Waals surface area contributed by atoms with Crippen LogP contribution in [0.15, 0.2) is 42.5 Å². The predicted molar refractivity (Wildman–Crippen MR) is 126 cm³/mol. The van der Waals surface area contributed by atoms with E-state index in [0.29, 0.717) is 17.5 Å². The Morgan fingerprint density at radius 3 is 2.38 bits per heavy atom. The molecular formula is C27H30F3N3O. The maximum atomic E-state index is 13.3. The molecule has 1 aromatic heterocycles. The molecular weight excluding hydrogens is 439 g/mol. The largest absolute Gasteiger partial charge is 0.416 e. The molecule has 0 bridgehead atoms. The van der Waals surface area contributed by atoms with E-state index in [1.165, 1.54) is 25.0 Å². The van der Waals surface area contributed by atoms with Gasteiger partial charge in [-0.05, 0) is 86.6 Å². The van der Waals surface area contributed by atoms with Crippen molar-refractivity contribution in [1.29, 1.82) is 0 Å². The number of halogens is 3. The first-order chi connectivity index (χ1) is 16.0. The summed E-state index contributed by atoms with van der Waals surface area (Å²) in [5.74, 6) is 0.617. The molecule has 5 rings (SSSR count). The lowest BCUT2D eigenvalue weighted by atomic mass is 9.50. The molecule has 0 radical (unpaired) electrons. The van der Waals surface area contributed by atoms with E-state index in [4.69, 9.17) is 0 Å². The van der Waals surface area contributed by atoms with Crippen LogP contribution in [0.25, 0.3) is 10.9 Å². The number of benzene rings is 2. The Labute approximate surface area is 197 Å². The molecule has 1 N–H and O–H groups in total. The second-order valence-electron chi connectivity index (χ2n) is 10.7. The highest BCUT2D eigenvalue weighted by molar-refractivity contribution is 6.06. The lowest BCUT2D eigenvalue weighted by Crippen LogP contribution is -2.55. The molecule has 1 amide bonds. The molecule has 2 aliphatic carbocycles. The van der Waals surface area contributed by atoms with Crippen molar-refractivity contribution in [3.63, 3.8) is 0 Å². The van der Waals surface area contributed by atoms with Crippen LogP contribution in [0.2, 0.25) is 0 Å². The van der Waals surface area contributed by atoms with Crippen molar-refractivity contribution in [3.8, 4) is 0 Å². The van der Waals surface area contributed by atoms with E-state index >= 15 is 0 Å². The summed E-state index contributed by atoms with van der Waals surface area (Å²) in [5.41, 5.74) is 2.67. The Morgan fingerprint density at radius 1 is 1.12 bits per heavy atom. The first-order valence-corrected chi connectivity index (χ1v) is 12.0. The standard InChI is InChI=1S/C27H30F3N3O/c1-16(2)33-22-6-4-5-19(11-18-7-9-20(10-8-18)27(28,29)30)23(22)24(32-33)25(34)31-21-14-26(15-21)12-17(3)13-26/h4-10,16-17,21H,11-15H2,1-3H3,(H,31,34). The van der Waals surface area contributed by atoms with Gasteiger partial charge in [0.1, 0.15) is 0 Å². The Hall–Kier alpha value is -2.83. The van der Waals surface area contributed by atoms with E-state index in [1.807, 2.05) is 36.7 Å². The summed E-state index contributed by atoms with van der Waals surface area (Å²) in [6, 6.07) is 11.2. The molecule has 1 spiro atoms. The van der Waals surface area contributed by atoms with Gasteiger partial charge in [0.15, 0.2) is 5.69 Å². The fraction of sp³-hybridized carbons (Fsp3) is 0.481. The van der Waals surface area contributed by atoms with Crippen LogP contribution in [0.3, 0.4) is 0 Å². The molecule has 3 aromatic rings. The normalized spacial score (nSPS) is 24.3. The zero-order valence-electron chi connectivity index (χ0n) is 19.7. The molecule has 2 aromatic carbocycles. The number of fused-ring (bicyclic) bond motifs is 1. The van der Waals surface area contributed by atoms with Gasteiger partial charge in [0, 0.05) is 17.5 Å². The van der Waals surface area contributed by atoms with Gasteiger partial charge in [-0.25, -0.2) is 0 Å². The maximum Gasteiger partial charge on any atom is 0.416 e. The van der Waals surface area contributed by atoms with Gasteiger partial charge in [0.05, 0.1) is 11.1 Å². The quantitative estimate of drug-likeness (QED) is 0.461. The molecule has 0 saturated heterocycles. The summed E-state index contributed by atoms with van der Waals surface area (Å²) in [6.45, 7) is 6.31. The number of nitrogens with one attached hydrogen (secondary N) is 1. The van der Waals surface area contributed by atoms with Crippen LogP contribution >= 0.6 is 0 Å². The second-order valence-corrected chi connectivity index (χ2v) is 10.7. The number of carbonyl (C=O) groups excluding carboxylic acids is 1. The molecule has 4 nitrogen and oxygen atoms in total. The van der Waals surface area contributed by atoms with Crippen molar-refractivity contribution in [2.45, 2.75) is 71.1 Å². The number of nitrogens with zero attached hydrogens (tertiary/aromatic N) is 2. The maximum absolute atomic E-state index is 13.3. The van der Waals surface area contributed by atoms with Crippen molar-refractivity contribution in [3.05, 3.63) is 64.8 Å². The van der Waals surface area contributed by atoms with Gasteiger partial charge in [0.2, 0.25) is 0 Å². The van der Waals surface area contributed by atoms with Gasteiger partial charge in [0.25, 0.3) is 5.91 Å². The van der Waals surface area contributed by atoms with E-state index < -0.39 is 11.7 Å². The number of carbonyl (C=O) groups is 1. The minimum absolute atomic E-state index is 0.0637. The highest BCUT2D eigenvalue weighted by atomic mass is 19.4. The van der Waals surface area contributed by atoms with Gasteiger partial charge < -0.3 is 5.32 Å². The average molecular weight is 470 g/mol. The minimum Gasteiger partial charge on any atom is -0.348 e. The third-order valence-electron chi connectivity index (χ3n) is 7.46. The highest BCUT2D eigenvalue weighted by Crippen LogP contribution is 2.58. The number of aromatic nitrogens is 2. The number of hydrogen-bond acceptors (Lipinski definition) is 2. The van der Waals surface area contributed by atoms with Crippen LogP contribution < -0.4 is 5.32 Å². The first kappa shape index (κ1) is 22.9. The van der Waals surface area contributed by atoms with Crippen molar-refractivity contribution in [2.75, 3.05) is 0 Å². The fourth-order valence-corrected chi connectivity index (χ4v) is 6.09. The molecule has 7 heteroatoms. The average Bonchev–Trinajstić information content (AvgIpc) is 3.12. The number of rotatable bonds is 5. The summed E-state index contributed by atoms with van der Waals surface area (Å²) < 4.78 is 40.7. The molecule has 1 heterocycles. The molecule has 0 unspecified atom stereocenters. The number of hydrogen-bond donors (Lipinski definition) is 1. The van der Waals surface area contributed by atoms with Crippen LogP contribution in [-0.4, -0.2) is 21.7 Å². The zero-order valence-corrected chi connectivity index (χ0v) is 19.7. The van der Waals surface area contributed by atoms with Crippen molar-refractivity contribution < 1.29 is 18.0 Å².